The summed E-state index contributed by atoms with van der Waals surface area (Å²) < 4.78 is 0. The highest BCUT2D eigenvalue weighted by molar-refractivity contribution is 6.34. The van der Waals surface area contributed by atoms with Gasteiger partial charge < -0.3 is 10.6 Å². The van der Waals surface area contributed by atoms with Crippen LogP contribution < -0.4 is 10.6 Å². The lowest BCUT2D eigenvalue weighted by Crippen LogP contribution is -2.21. The zero-order valence-electron chi connectivity index (χ0n) is 13.2. The minimum absolute atomic E-state index is 0.0185. The van der Waals surface area contributed by atoms with E-state index >= 15 is 0 Å². The SMILES string of the molecule is O=C(Nc1ccccc1)c1ccc(Cl)c(NC(=O)C2CCCC2)c1. The fourth-order valence-electron chi connectivity index (χ4n) is 2.91. The largest absolute Gasteiger partial charge is 0.325 e. The summed E-state index contributed by atoms with van der Waals surface area (Å²) >= 11 is 6.17. The number of carbonyl (C=O) groups is 2. The number of carbonyl (C=O) groups excluding carboxylic acids is 2. The highest BCUT2D eigenvalue weighted by Crippen LogP contribution is 2.28. The first-order valence-corrected chi connectivity index (χ1v) is 8.48. The van der Waals surface area contributed by atoms with E-state index in [9.17, 15) is 9.59 Å². The molecular formula is C19H19ClN2O2. The van der Waals surface area contributed by atoms with E-state index in [0.717, 1.165) is 25.7 Å². The van der Waals surface area contributed by atoms with Gasteiger partial charge in [0.15, 0.2) is 0 Å². The molecule has 2 aromatic carbocycles. The van der Waals surface area contributed by atoms with Crippen LogP contribution in [-0.2, 0) is 4.79 Å². The normalized spacial score (nSPS) is 14.4. The van der Waals surface area contributed by atoms with E-state index in [4.69, 9.17) is 11.6 Å². The molecule has 2 N–H and O–H groups in total. The van der Waals surface area contributed by atoms with Gasteiger partial charge in [0.1, 0.15) is 0 Å². The molecule has 1 aliphatic carbocycles. The smallest absolute Gasteiger partial charge is 0.255 e. The van der Waals surface area contributed by atoms with Crippen LogP contribution in [0.1, 0.15) is 36.0 Å². The summed E-state index contributed by atoms with van der Waals surface area (Å²) in [6.45, 7) is 0. The van der Waals surface area contributed by atoms with Gasteiger partial charge >= 0.3 is 0 Å². The quantitative estimate of drug-likeness (QED) is 0.844. The second-order valence-electron chi connectivity index (χ2n) is 5.99. The predicted octanol–water partition coefficient (Wildman–Crippen LogP) is 4.72. The van der Waals surface area contributed by atoms with Gasteiger partial charge in [0.25, 0.3) is 5.91 Å². The first-order valence-electron chi connectivity index (χ1n) is 8.10. The number of hydrogen-bond acceptors (Lipinski definition) is 2. The molecule has 4 nitrogen and oxygen atoms in total. The van der Waals surface area contributed by atoms with Crippen molar-refractivity contribution in [3.63, 3.8) is 0 Å². The maximum atomic E-state index is 12.4. The Bertz CT molecular complexity index is 740. The minimum Gasteiger partial charge on any atom is -0.325 e. The molecule has 0 aromatic heterocycles. The van der Waals surface area contributed by atoms with Crippen LogP contribution in [0.3, 0.4) is 0 Å². The third-order valence-corrected chi connectivity index (χ3v) is 4.57. The third-order valence-electron chi connectivity index (χ3n) is 4.24. The number of nitrogens with one attached hydrogen (secondary N) is 2. The Morgan fingerprint density at radius 1 is 0.958 bits per heavy atom. The second kappa shape index (κ2) is 7.49. The zero-order chi connectivity index (χ0) is 16.9. The van der Waals surface area contributed by atoms with E-state index in [2.05, 4.69) is 10.6 Å². The van der Waals surface area contributed by atoms with Gasteiger partial charge in [-0.05, 0) is 43.2 Å². The topological polar surface area (TPSA) is 58.2 Å². The monoisotopic (exact) mass is 342 g/mol. The van der Waals surface area contributed by atoms with Crippen LogP contribution in [0.4, 0.5) is 11.4 Å². The van der Waals surface area contributed by atoms with Crippen molar-refractivity contribution in [1.82, 2.24) is 0 Å². The van der Waals surface area contributed by atoms with Crippen molar-refractivity contribution in [2.45, 2.75) is 25.7 Å². The van der Waals surface area contributed by atoms with Crippen molar-refractivity contribution in [3.05, 3.63) is 59.1 Å². The van der Waals surface area contributed by atoms with E-state index in [0.29, 0.717) is 22.0 Å². The molecule has 0 saturated heterocycles. The Balaban J connectivity index is 1.73. The Morgan fingerprint density at radius 3 is 2.38 bits per heavy atom. The highest BCUT2D eigenvalue weighted by Gasteiger charge is 2.23. The molecule has 1 aliphatic rings. The summed E-state index contributed by atoms with van der Waals surface area (Å²) in [4.78, 5) is 24.6. The summed E-state index contributed by atoms with van der Waals surface area (Å²) in [5, 5.41) is 6.11. The van der Waals surface area contributed by atoms with Gasteiger partial charge in [-0.1, -0.05) is 42.6 Å². The van der Waals surface area contributed by atoms with Crippen LogP contribution in [0.15, 0.2) is 48.5 Å². The van der Waals surface area contributed by atoms with Crippen molar-refractivity contribution >= 4 is 34.8 Å². The molecule has 124 valence electrons. The molecule has 0 atom stereocenters. The summed E-state index contributed by atoms with van der Waals surface area (Å²) in [6.07, 6.45) is 4.01. The summed E-state index contributed by atoms with van der Waals surface area (Å²) in [6, 6.07) is 14.1. The van der Waals surface area contributed by atoms with Crippen LogP contribution in [0.2, 0.25) is 5.02 Å². The molecule has 0 radical (unpaired) electrons. The molecule has 1 fully saturated rings. The highest BCUT2D eigenvalue weighted by atomic mass is 35.5. The van der Waals surface area contributed by atoms with Crippen LogP contribution in [-0.4, -0.2) is 11.8 Å². The molecular weight excluding hydrogens is 324 g/mol. The summed E-state index contributed by atoms with van der Waals surface area (Å²) in [7, 11) is 0. The average Bonchev–Trinajstić information content (AvgIpc) is 3.12. The van der Waals surface area contributed by atoms with Gasteiger partial charge in [-0.3, -0.25) is 9.59 Å². The van der Waals surface area contributed by atoms with Crippen LogP contribution in [0.25, 0.3) is 0 Å². The van der Waals surface area contributed by atoms with Crippen molar-refractivity contribution in [2.24, 2.45) is 5.92 Å². The lowest BCUT2D eigenvalue weighted by atomic mass is 10.1. The van der Waals surface area contributed by atoms with E-state index < -0.39 is 0 Å². The molecule has 0 bridgehead atoms. The molecule has 3 rings (SSSR count). The Kier molecular flexibility index (Phi) is 5.16. The first-order chi connectivity index (χ1) is 11.6. The minimum atomic E-state index is -0.241. The maximum absolute atomic E-state index is 12.4. The lowest BCUT2D eigenvalue weighted by Gasteiger charge is -2.13. The molecule has 0 heterocycles. The van der Waals surface area contributed by atoms with Gasteiger partial charge in [-0.25, -0.2) is 0 Å². The molecule has 0 unspecified atom stereocenters. The number of anilines is 2. The fraction of sp³-hybridized carbons (Fsp3) is 0.263. The number of hydrogen-bond donors (Lipinski definition) is 2. The van der Waals surface area contributed by atoms with Crippen LogP contribution in [0.5, 0.6) is 0 Å². The molecule has 1 saturated carbocycles. The van der Waals surface area contributed by atoms with Crippen LogP contribution >= 0.6 is 11.6 Å². The standard InChI is InChI=1S/C19H19ClN2O2/c20-16-11-10-14(19(24)21-15-8-2-1-3-9-15)12-17(16)22-18(23)13-6-4-5-7-13/h1-3,8-13H,4-7H2,(H,21,24)(H,22,23). The predicted molar refractivity (Wildman–Crippen MR) is 96.4 cm³/mol. The number of benzene rings is 2. The van der Waals surface area contributed by atoms with Gasteiger partial charge in [-0.15, -0.1) is 0 Å². The maximum Gasteiger partial charge on any atom is 0.255 e. The van der Waals surface area contributed by atoms with E-state index in [1.54, 1.807) is 18.2 Å². The molecule has 2 amide bonds. The van der Waals surface area contributed by atoms with Crippen LogP contribution in [0, 0.1) is 5.92 Å². The van der Waals surface area contributed by atoms with Gasteiger partial charge in [0.2, 0.25) is 5.91 Å². The molecule has 24 heavy (non-hydrogen) atoms. The molecule has 0 aliphatic heterocycles. The Morgan fingerprint density at radius 2 is 1.67 bits per heavy atom. The second-order valence-corrected chi connectivity index (χ2v) is 6.39. The molecule has 0 spiro atoms. The number of para-hydroxylation sites is 1. The number of rotatable bonds is 4. The molecule has 5 heteroatoms. The Hall–Kier alpha value is -2.33. The first kappa shape index (κ1) is 16.5. The lowest BCUT2D eigenvalue weighted by molar-refractivity contribution is -0.119. The average molecular weight is 343 g/mol. The summed E-state index contributed by atoms with van der Waals surface area (Å²) in [5.74, 6) is -0.216. The summed E-state index contributed by atoms with van der Waals surface area (Å²) in [5.41, 5.74) is 1.65. The van der Waals surface area contributed by atoms with E-state index in [-0.39, 0.29) is 17.7 Å². The molecule has 2 aromatic rings. The Labute approximate surface area is 146 Å². The van der Waals surface area contributed by atoms with Crippen molar-refractivity contribution in [2.75, 3.05) is 10.6 Å². The van der Waals surface area contributed by atoms with Crippen molar-refractivity contribution < 1.29 is 9.59 Å². The van der Waals surface area contributed by atoms with Gasteiger partial charge in [-0.2, -0.15) is 0 Å². The van der Waals surface area contributed by atoms with Crippen molar-refractivity contribution in [3.8, 4) is 0 Å². The van der Waals surface area contributed by atoms with E-state index in [1.165, 1.54) is 0 Å². The third kappa shape index (κ3) is 3.95. The van der Waals surface area contributed by atoms with Gasteiger partial charge in [0.05, 0.1) is 10.7 Å². The fourth-order valence-corrected chi connectivity index (χ4v) is 3.07. The number of amides is 2. The number of halogens is 1. The zero-order valence-corrected chi connectivity index (χ0v) is 14.0. The van der Waals surface area contributed by atoms with E-state index in [1.807, 2.05) is 30.3 Å². The van der Waals surface area contributed by atoms with Gasteiger partial charge in [0, 0.05) is 17.2 Å². The van der Waals surface area contributed by atoms with Crippen molar-refractivity contribution in [1.29, 1.82) is 0 Å².